The second kappa shape index (κ2) is 8.64. The highest BCUT2D eigenvalue weighted by molar-refractivity contribution is 8.00. The summed E-state index contributed by atoms with van der Waals surface area (Å²) in [6.45, 7) is 4.52. The molecule has 0 radical (unpaired) electrons. The molecule has 140 valence electrons. The maximum Gasteiger partial charge on any atom is 0.318 e. The van der Waals surface area contributed by atoms with E-state index in [1.54, 1.807) is 19.1 Å². The Hall–Kier alpha value is -1.93. The molecule has 1 saturated heterocycles. The number of hydrogen-bond acceptors (Lipinski definition) is 6. The minimum atomic E-state index is -0.411. The van der Waals surface area contributed by atoms with Crippen molar-refractivity contribution in [2.45, 2.75) is 43.1 Å². The molecule has 2 heterocycles. The van der Waals surface area contributed by atoms with Crippen LogP contribution in [0, 0.1) is 5.82 Å². The third kappa shape index (κ3) is 4.42. The Balaban J connectivity index is 1.90. The molecule has 1 fully saturated rings. The predicted molar refractivity (Wildman–Crippen MR) is 97.8 cm³/mol. The molecule has 3 rings (SSSR count). The van der Waals surface area contributed by atoms with Gasteiger partial charge >= 0.3 is 5.97 Å². The van der Waals surface area contributed by atoms with Crippen molar-refractivity contribution in [2.75, 3.05) is 20.2 Å². The van der Waals surface area contributed by atoms with Crippen LogP contribution in [0.3, 0.4) is 0 Å². The molecule has 0 bridgehead atoms. The van der Waals surface area contributed by atoms with E-state index in [1.165, 1.54) is 50.3 Å². The van der Waals surface area contributed by atoms with Crippen molar-refractivity contribution in [3.8, 4) is 5.69 Å². The number of carbonyl (C=O) groups excluding carboxylic acids is 1. The lowest BCUT2D eigenvalue weighted by Gasteiger charge is -2.26. The Morgan fingerprint density at radius 1 is 1.23 bits per heavy atom. The van der Waals surface area contributed by atoms with Crippen molar-refractivity contribution < 1.29 is 13.9 Å². The molecule has 1 aromatic heterocycles. The van der Waals surface area contributed by atoms with Crippen molar-refractivity contribution >= 4 is 17.7 Å². The van der Waals surface area contributed by atoms with Crippen LogP contribution in [0.25, 0.3) is 5.69 Å². The number of methoxy groups -OCH3 is 1. The smallest absolute Gasteiger partial charge is 0.318 e. The number of esters is 1. The molecular formula is C18H23FN4O2S. The third-order valence-electron chi connectivity index (χ3n) is 4.41. The molecule has 0 amide bonds. The summed E-state index contributed by atoms with van der Waals surface area (Å²) in [5.41, 5.74) is 0.781. The van der Waals surface area contributed by atoms with E-state index >= 15 is 0 Å². The standard InChI is InChI=1S/C18H23FN4O2S/c1-13(17(24)25-2)26-18-21-20-16(12-22-10-4-3-5-11-22)23(18)15-8-6-14(19)7-9-15/h6-9,13H,3-5,10-12H2,1-2H3. The predicted octanol–water partition coefficient (Wildman–Crippen LogP) is 3.05. The van der Waals surface area contributed by atoms with E-state index in [-0.39, 0.29) is 11.8 Å². The van der Waals surface area contributed by atoms with E-state index in [0.29, 0.717) is 11.7 Å². The molecule has 26 heavy (non-hydrogen) atoms. The van der Waals surface area contributed by atoms with Gasteiger partial charge in [0.25, 0.3) is 0 Å². The molecule has 8 heteroatoms. The number of hydrogen-bond donors (Lipinski definition) is 0. The van der Waals surface area contributed by atoms with Crippen molar-refractivity contribution in [3.63, 3.8) is 0 Å². The number of rotatable bonds is 6. The number of likely N-dealkylation sites (tertiary alicyclic amines) is 1. The maximum absolute atomic E-state index is 13.3. The van der Waals surface area contributed by atoms with Gasteiger partial charge in [0.05, 0.1) is 13.7 Å². The molecule has 0 N–H and O–H groups in total. The second-order valence-electron chi connectivity index (χ2n) is 6.33. The fourth-order valence-corrected chi connectivity index (χ4v) is 3.93. The summed E-state index contributed by atoms with van der Waals surface area (Å²) in [6, 6.07) is 6.23. The van der Waals surface area contributed by atoms with Gasteiger partial charge in [0.2, 0.25) is 0 Å². The second-order valence-corrected chi connectivity index (χ2v) is 7.64. The highest BCUT2D eigenvalue weighted by Gasteiger charge is 2.23. The lowest BCUT2D eigenvalue weighted by Crippen LogP contribution is -2.30. The van der Waals surface area contributed by atoms with Crippen LogP contribution in [0.4, 0.5) is 4.39 Å². The number of benzene rings is 1. The Morgan fingerprint density at radius 2 is 1.92 bits per heavy atom. The van der Waals surface area contributed by atoms with Gasteiger partial charge in [-0.15, -0.1) is 10.2 Å². The van der Waals surface area contributed by atoms with Crippen molar-refractivity contribution in [2.24, 2.45) is 0 Å². The van der Waals surface area contributed by atoms with Gasteiger partial charge in [0, 0.05) is 5.69 Å². The molecule has 0 spiro atoms. The van der Waals surface area contributed by atoms with Crippen molar-refractivity contribution in [1.82, 2.24) is 19.7 Å². The van der Waals surface area contributed by atoms with Crippen LogP contribution in [0.1, 0.15) is 32.0 Å². The van der Waals surface area contributed by atoms with Crippen LogP contribution in [0.5, 0.6) is 0 Å². The molecule has 1 aromatic carbocycles. The summed E-state index contributed by atoms with van der Waals surface area (Å²) in [5.74, 6) is 0.177. The highest BCUT2D eigenvalue weighted by Crippen LogP contribution is 2.27. The summed E-state index contributed by atoms with van der Waals surface area (Å²) < 4.78 is 20.0. The van der Waals surface area contributed by atoms with Gasteiger partial charge in [-0.2, -0.15) is 0 Å². The van der Waals surface area contributed by atoms with E-state index in [4.69, 9.17) is 4.74 Å². The first-order valence-corrected chi connectivity index (χ1v) is 9.63. The average molecular weight is 378 g/mol. The molecule has 2 aromatic rings. The zero-order valence-electron chi connectivity index (χ0n) is 15.0. The van der Waals surface area contributed by atoms with Crippen molar-refractivity contribution in [3.05, 3.63) is 35.9 Å². The average Bonchev–Trinajstić information content (AvgIpc) is 3.04. The molecule has 1 unspecified atom stereocenters. The summed E-state index contributed by atoms with van der Waals surface area (Å²) >= 11 is 1.29. The topological polar surface area (TPSA) is 60.2 Å². The first-order chi connectivity index (χ1) is 12.6. The van der Waals surface area contributed by atoms with E-state index in [9.17, 15) is 9.18 Å². The number of ether oxygens (including phenoxy) is 1. The van der Waals surface area contributed by atoms with Crippen LogP contribution in [-0.4, -0.2) is 51.1 Å². The van der Waals surface area contributed by atoms with Gasteiger partial charge < -0.3 is 4.74 Å². The molecule has 6 nitrogen and oxygen atoms in total. The van der Waals surface area contributed by atoms with E-state index < -0.39 is 5.25 Å². The zero-order chi connectivity index (χ0) is 18.5. The normalized spacial score (nSPS) is 16.4. The van der Waals surface area contributed by atoms with Crippen LogP contribution in [0.2, 0.25) is 0 Å². The minimum absolute atomic E-state index is 0.295. The fourth-order valence-electron chi connectivity index (χ4n) is 3.02. The van der Waals surface area contributed by atoms with Crippen molar-refractivity contribution in [1.29, 1.82) is 0 Å². The maximum atomic E-state index is 13.3. The van der Waals surface area contributed by atoms with Gasteiger partial charge in [-0.3, -0.25) is 14.3 Å². The number of halogens is 1. The summed E-state index contributed by atoms with van der Waals surface area (Å²) in [7, 11) is 1.37. The van der Waals surface area contributed by atoms with Gasteiger partial charge in [0.15, 0.2) is 11.0 Å². The Bertz CT molecular complexity index is 744. The highest BCUT2D eigenvalue weighted by atomic mass is 32.2. The first kappa shape index (κ1) is 18.8. The van der Waals surface area contributed by atoms with Gasteiger partial charge in [0.1, 0.15) is 11.1 Å². The summed E-state index contributed by atoms with van der Waals surface area (Å²) in [4.78, 5) is 14.1. The number of aromatic nitrogens is 3. The lowest BCUT2D eigenvalue weighted by molar-refractivity contribution is -0.139. The number of thioether (sulfide) groups is 1. The minimum Gasteiger partial charge on any atom is -0.468 e. The van der Waals surface area contributed by atoms with Crippen LogP contribution < -0.4 is 0 Å². The van der Waals surface area contributed by atoms with Crippen LogP contribution >= 0.6 is 11.8 Å². The van der Waals surface area contributed by atoms with Crippen LogP contribution in [0.15, 0.2) is 29.4 Å². The zero-order valence-corrected chi connectivity index (χ0v) is 15.8. The Morgan fingerprint density at radius 3 is 2.58 bits per heavy atom. The molecule has 0 aliphatic carbocycles. The number of carbonyl (C=O) groups is 1. The Labute approximate surface area is 156 Å². The molecule has 1 aliphatic rings. The molecular weight excluding hydrogens is 355 g/mol. The fraction of sp³-hybridized carbons (Fsp3) is 0.500. The monoisotopic (exact) mass is 378 g/mol. The molecule has 0 saturated carbocycles. The van der Waals surface area contributed by atoms with E-state index in [0.717, 1.165) is 24.6 Å². The lowest BCUT2D eigenvalue weighted by atomic mass is 10.1. The van der Waals surface area contributed by atoms with Gasteiger partial charge in [-0.05, 0) is 57.1 Å². The van der Waals surface area contributed by atoms with E-state index in [1.807, 2.05) is 4.57 Å². The molecule has 1 atom stereocenters. The summed E-state index contributed by atoms with van der Waals surface area (Å²) in [6.07, 6.45) is 3.64. The van der Waals surface area contributed by atoms with Gasteiger partial charge in [-0.25, -0.2) is 4.39 Å². The van der Waals surface area contributed by atoms with Gasteiger partial charge in [-0.1, -0.05) is 18.2 Å². The number of piperidine rings is 1. The molecule has 1 aliphatic heterocycles. The van der Waals surface area contributed by atoms with Crippen LogP contribution in [-0.2, 0) is 16.1 Å². The SMILES string of the molecule is COC(=O)C(C)Sc1nnc(CN2CCCCC2)n1-c1ccc(F)cc1. The largest absolute Gasteiger partial charge is 0.468 e. The Kier molecular flexibility index (Phi) is 6.26. The first-order valence-electron chi connectivity index (χ1n) is 8.75. The third-order valence-corrected chi connectivity index (χ3v) is 5.44. The summed E-state index contributed by atoms with van der Waals surface area (Å²) in [5, 5.41) is 8.82. The number of nitrogens with zero attached hydrogens (tertiary/aromatic N) is 4. The van der Waals surface area contributed by atoms with E-state index in [2.05, 4.69) is 15.1 Å². The quantitative estimate of drug-likeness (QED) is 0.569.